The molecule has 19 heavy (non-hydrogen) atoms. The van der Waals surface area contributed by atoms with Gasteiger partial charge in [0.15, 0.2) is 5.11 Å². The van der Waals surface area contributed by atoms with Gasteiger partial charge in [-0.25, -0.2) is 0 Å². The van der Waals surface area contributed by atoms with Gasteiger partial charge in [-0.1, -0.05) is 55.5 Å². The van der Waals surface area contributed by atoms with Crippen molar-refractivity contribution in [3.8, 4) is 0 Å². The molecule has 0 aliphatic heterocycles. The molecule has 1 atom stereocenters. The van der Waals surface area contributed by atoms with Crippen molar-refractivity contribution in [3.05, 3.63) is 66.2 Å². The molecule has 98 valence electrons. The summed E-state index contributed by atoms with van der Waals surface area (Å²) in [6.45, 7) is 2.15. The number of rotatable bonds is 4. The van der Waals surface area contributed by atoms with Crippen LogP contribution in [0.4, 0.5) is 5.69 Å². The fourth-order valence-electron chi connectivity index (χ4n) is 1.95. The van der Waals surface area contributed by atoms with E-state index < -0.39 is 0 Å². The second-order valence-corrected chi connectivity index (χ2v) is 4.74. The average molecular weight is 270 g/mol. The van der Waals surface area contributed by atoms with Crippen molar-refractivity contribution in [2.45, 2.75) is 19.4 Å². The van der Waals surface area contributed by atoms with Gasteiger partial charge in [0, 0.05) is 5.69 Å². The van der Waals surface area contributed by atoms with E-state index in [9.17, 15) is 0 Å². The molecule has 2 nitrogen and oxygen atoms in total. The molecule has 2 aromatic carbocycles. The summed E-state index contributed by atoms with van der Waals surface area (Å²) in [5.74, 6) is 0. The third-order valence-corrected chi connectivity index (χ3v) is 3.17. The lowest BCUT2D eigenvalue weighted by Crippen LogP contribution is -2.32. The van der Waals surface area contributed by atoms with Crippen molar-refractivity contribution >= 4 is 23.0 Å². The van der Waals surface area contributed by atoms with Gasteiger partial charge in [-0.05, 0) is 36.3 Å². The minimum Gasteiger partial charge on any atom is -0.356 e. The van der Waals surface area contributed by atoms with Gasteiger partial charge in [-0.2, -0.15) is 0 Å². The van der Waals surface area contributed by atoms with Crippen molar-refractivity contribution < 1.29 is 0 Å². The Hall–Kier alpha value is -1.87. The van der Waals surface area contributed by atoms with Crippen LogP contribution in [0.1, 0.15) is 24.9 Å². The quantitative estimate of drug-likeness (QED) is 0.817. The Kier molecular flexibility index (Phi) is 4.93. The molecule has 0 aliphatic rings. The number of hydrogen-bond donors (Lipinski definition) is 2. The highest BCUT2D eigenvalue weighted by molar-refractivity contribution is 7.80. The number of anilines is 1. The van der Waals surface area contributed by atoms with Crippen LogP contribution in [0.2, 0.25) is 0 Å². The Morgan fingerprint density at radius 2 is 1.58 bits per heavy atom. The van der Waals surface area contributed by atoms with Crippen molar-refractivity contribution in [1.29, 1.82) is 0 Å². The third-order valence-electron chi connectivity index (χ3n) is 2.95. The summed E-state index contributed by atoms with van der Waals surface area (Å²) in [6.07, 6.45) is 0.987. The van der Waals surface area contributed by atoms with Crippen LogP contribution in [-0.2, 0) is 0 Å². The van der Waals surface area contributed by atoms with Crippen molar-refractivity contribution in [2.75, 3.05) is 5.32 Å². The van der Waals surface area contributed by atoms with Crippen LogP contribution >= 0.6 is 12.2 Å². The third kappa shape index (κ3) is 4.07. The molecule has 0 saturated carbocycles. The first-order chi connectivity index (χ1) is 9.29. The van der Waals surface area contributed by atoms with E-state index in [2.05, 4.69) is 29.7 Å². The largest absolute Gasteiger partial charge is 0.356 e. The van der Waals surface area contributed by atoms with Gasteiger partial charge in [0.25, 0.3) is 0 Å². The fraction of sp³-hybridized carbons (Fsp3) is 0.188. The summed E-state index contributed by atoms with van der Waals surface area (Å²) in [6, 6.07) is 20.6. The van der Waals surface area contributed by atoms with E-state index in [1.54, 1.807) is 0 Å². The Balaban J connectivity index is 1.97. The van der Waals surface area contributed by atoms with Crippen LogP contribution in [-0.4, -0.2) is 5.11 Å². The lowest BCUT2D eigenvalue weighted by Gasteiger charge is -2.20. The maximum absolute atomic E-state index is 5.36. The van der Waals surface area contributed by atoms with Crippen LogP contribution in [0.3, 0.4) is 0 Å². The summed E-state index contributed by atoms with van der Waals surface area (Å²) in [4.78, 5) is 0. The zero-order valence-electron chi connectivity index (χ0n) is 11.0. The zero-order valence-corrected chi connectivity index (χ0v) is 11.8. The lowest BCUT2D eigenvalue weighted by atomic mass is 10.1. The fourth-order valence-corrected chi connectivity index (χ4v) is 2.21. The van der Waals surface area contributed by atoms with Crippen LogP contribution in [0.15, 0.2) is 60.7 Å². The van der Waals surface area contributed by atoms with E-state index in [0.29, 0.717) is 5.11 Å². The molecule has 0 unspecified atom stereocenters. The van der Waals surface area contributed by atoms with Gasteiger partial charge in [0.05, 0.1) is 6.04 Å². The molecule has 0 fully saturated rings. The molecule has 0 amide bonds. The second kappa shape index (κ2) is 6.90. The standard InChI is InChI=1S/C16H18N2S/c1-2-15(13-9-5-3-6-10-13)18-16(19)17-14-11-7-4-8-12-14/h3-12,15H,2H2,1H3,(H2,17,18,19)/t15-/m0/s1. The van der Waals surface area contributed by atoms with Crippen LogP contribution in [0.25, 0.3) is 0 Å². The van der Waals surface area contributed by atoms with Gasteiger partial charge in [0.1, 0.15) is 0 Å². The molecule has 0 aliphatic carbocycles. The van der Waals surface area contributed by atoms with Gasteiger partial charge in [0.2, 0.25) is 0 Å². The first-order valence-corrected chi connectivity index (χ1v) is 6.88. The first kappa shape index (κ1) is 13.6. The van der Waals surface area contributed by atoms with E-state index in [1.807, 2.05) is 48.5 Å². The van der Waals surface area contributed by atoms with E-state index in [-0.39, 0.29) is 6.04 Å². The van der Waals surface area contributed by atoms with Crippen LogP contribution in [0, 0.1) is 0 Å². The summed E-state index contributed by atoms with van der Waals surface area (Å²) in [5.41, 5.74) is 2.25. The van der Waals surface area contributed by atoms with E-state index in [0.717, 1.165) is 12.1 Å². The SMILES string of the molecule is CC[C@H](NC(=S)Nc1ccccc1)c1ccccc1. The molecule has 0 radical (unpaired) electrons. The zero-order chi connectivity index (χ0) is 13.5. The molecule has 0 spiro atoms. The van der Waals surface area contributed by atoms with E-state index in [1.165, 1.54) is 5.56 Å². The topological polar surface area (TPSA) is 24.1 Å². The second-order valence-electron chi connectivity index (χ2n) is 4.34. The highest BCUT2D eigenvalue weighted by atomic mass is 32.1. The molecule has 0 heterocycles. The minimum atomic E-state index is 0.241. The molecule has 2 rings (SSSR count). The highest BCUT2D eigenvalue weighted by Gasteiger charge is 2.09. The molecule has 0 saturated heterocycles. The van der Waals surface area contributed by atoms with E-state index in [4.69, 9.17) is 12.2 Å². The number of nitrogens with one attached hydrogen (secondary N) is 2. The smallest absolute Gasteiger partial charge is 0.171 e. The molecule has 2 N–H and O–H groups in total. The highest BCUT2D eigenvalue weighted by Crippen LogP contribution is 2.16. The summed E-state index contributed by atoms with van der Waals surface area (Å²) >= 11 is 5.36. The normalized spacial score (nSPS) is 11.6. The predicted molar refractivity (Wildman–Crippen MR) is 85.3 cm³/mol. The minimum absolute atomic E-state index is 0.241. The Labute approximate surface area is 119 Å². The first-order valence-electron chi connectivity index (χ1n) is 6.47. The molecule has 0 bridgehead atoms. The van der Waals surface area contributed by atoms with Gasteiger partial charge < -0.3 is 10.6 Å². The Bertz CT molecular complexity index is 511. The molecular formula is C16H18N2S. The Morgan fingerprint density at radius 3 is 2.16 bits per heavy atom. The molecule has 0 aromatic heterocycles. The van der Waals surface area contributed by atoms with Crippen molar-refractivity contribution in [2.24, 2.45) is 0 Å². The maximum atomic E-state index is 5.36. The number of benzene rings is 2. The summed E-state index contributed by atoms with van der Waals surface area (Å²) in [7, 11) is 0. The number of thiocarbonyl (C=S) groups is 1. The lowest BCUT2D eigenvalue weighted by molar-refractivity contribution is 0.629. The van der Waals surface area contributed by atoms with Gasteiger partial charge >= 0.3 is 0 Å². The summed E-state index contributed by atoms with van der Waals surface area (Å²) in [5, 5.41) is 7.20. The van der Waals surface area contributed by atoms with Gasteiger partial charge in [-0.3, -0.25) is 0 Å². The van der Waals surface area contributed by atoms with Crippen molar-refractivity contribution in [1.82, 2.24) is 5.32 Å². The van der Waals surface area contributed by atoms with Crippen LogP contribution in [0.5, 0.6) is 0 Å². The predicted octanol–water partition coefficient (Wildman–Crippen LogP) is 4.12. The van der Waals surface area contributed by atoms with E-state index >= 15 is 0 Å². The molecular weight excluding hydrogens is 252 g/mol. The molecule has 3 heteroatoms. The van der Waals surface area contributed by atoms with Crippen molar-refractivity contribution in [3.63, 3.8) is 0 Å². The summed E-state index contributed by atoms with van der Waals surface area (Å²) < 4.78 is 0. The van der Waals surface area contributed by atoms with Crippen LogP contribution < -0.4 is 10.6 Å². The monoisotopic (exact) mass is 270 g/mol. The average Bonchev–Trinajstić information content (AvgIpc) is 2.47. The maximum Gasteiger partial charge on any atom is 0.171 e. The molecule has 2 aromatic rings. The number of hydrogen-bond acceptors (Lipinski definition) is 1. The van der Waals surface area contributed by atoms with Gasteiger partial charge in [-0.15, -0.1) is 0 Å². The number of para-hydroxylation sites is 1. The Morgan fingerprint density at radius 1 is 1.00 bits per heavy atom.